The maximum atomic E-state index is 12.9. The third-order valence-electron chi connectivity index (χ3n) is 5.98. The Morgan fingerprint density at radius 1 is 1.03 bits per heavy atom. The van der Waals surface area contributed by atoms with E-state index in [9.17, 15) is 14.4 Å². The van der Waals surface area contributed by atoms with Gasteiger partial charge in [0.2, 0.25) is 5.91 Å². The number of nitrogens with zero attached hydrogens (tertiary/aromatic N) is 2. The number of anilines is 1. The number of nitrogens with one attached hydrogen (secondary N) is 3. The van der Waals surface area contributed by atoms with Crippen molar-refractivity contribution in [3.63, 3.8) is 0 Å². The van der Waals surface area contributed by atoms with Gasteiger partial charge >= 0.3 is 6.03 Å². The second-order valence-corrected chi connectivity index (χ2v) is 8.15. The quantitative estimate of drug-likeness (QED) is 0.503. The summed E-state index contributed by atoms with van der Waals surface area (Å²) < 4.78 is 4.94. The number of hydrogen-bond donors (Lipinski definition) is 3. The summed E-state index contributed by atoms with van der Waals surface area (Å²) >= 11 is 0. The van der Waals surface area contributed by atoms with E-state index in [0.717, 1.165) is 18.8 Å². The van der Waals surface area contributed by atoms with E-state index in [-0.39, 0.29) is 23.8 Å². The minimum atomic E-state index is -0.113. The number of amides is 4. The van der Waals surface area contributed by atoms with E-state index in [1.54, 1.807) is 12.0 Å². The lowest BCUT2D eigenvalue weighted by Gasteiger charge is -2.37. The zero-order valence-corrected chi connectivity index (χ0v) is 18.3. The SMILES string of the molecule is COCCNC(=O)C[NH+]1CCN(C(=O)C2CCN(C(=O)Nc3ccccc3)CC2)CC1. The maximum absolute atomic E-state index is 12.9. The maximum Gasteiger partial charge on any atom is 0.321 e. The molecule has 0 atom stereocenters. The second kappa shape index (κ2) is 11.7. The summed E-state index contributed by atoms with van der Waals surface area (Å²) in [6.07, 6.45) is 1.38. The zero-order valence-electron chi connectivity index (χ0n) is 18.3. The summed E-state index contributed by atoms with van der Waals surface area (Å²) in [6, 6.07) is 9.29. The van der Waals surface area contributed by atoms with Crippen LogP contribution < -0.4 is 15.5 Å². The predicted octanol–water partition coefficient (Wildman–Crippen LogP) is -0.580. The van der Waals surface area contributed by atoms with Crippen LogP contribution >= 0.6 is 0 Å². The summed E-state index contributed by atoms with van der Waals surface area (Å²) in [5.74, 6) is 0.180. The molecular weight excluding hydrogens is 398 g/mol. The van der Waals surface area contributed by atoms with Crippen LogP contribution in [0, 0.1) is 5.92 Å². The Morgan fingerprint density at radius 2 is 1.71 bits per heavy atom. The molecule has 0 radical (unpaired) electrons. The fourth-order valence-corrected chi connectivity index (χ4v) is 4.11. The molecule has 0 bridgehead atoms. The molecule has 0 unspecified atom stereocenters. The predicted molar refractivity (Wildman–Crippen MR) is 117 cm³/mol. The largest absolute Gasteiger partial charge is 0.383 e. The van der Waals surface area contributed by atoms with Crippen LogP contribution in [0.1, 0.15) is 12.8 Å². The van der Waals surface area contributed by atoms with Crippen molar-refractivity contribution in [2.24, 2.45) is 5.92 Å². The lowest BCUT2D eigenvalue weighted by molar-refractivity contribution is -0.896. The van der Waals surface area contributed by atoms with E-state index in [4.69, 9.17) is 4.74 Å². The number of piperidine rings is 1. The number of hydrogen-bond acceptors (Lipinski definition) is 4. The van der Waals surface area contributed by atoms with Crippen LogP contribution in [0.15, 0.2) is 30.3 Å². The summed E-state index contributed by atoms with van der Waals surface area (Å²) in [6.45, 7) is 5.54. The van der Waals surface area contributed by atoms with Gasteiger partial charge in [-0.25, -0.2) is 4.79 Å². The normalized spacial score (nSPS) is 18.0. The van der Waals surface area contributed by atoms with Crippen LogP contribution in [0.25, 0.3) is 0 Å². The lowest BCUT2D eigenvalue weighted by Crippen LogP contribution is -3.15. The molecular formula is C22H34N5O4+. The highest BCUT2D eigenvalue weighted by molar-refractivity contribution is 5.89. The molecule has 2 aliphatic rings. The van der Waals surface area contributed by atoms with Crippen LogP contribution in [0.4, 0.5) is 10.5 Å². The molecule has 2 heterocycles. The Morgan fingerprint density at radius 3 is 2.35 bits per heavy atom. The van der Waals surface area contributed by atoms with E-state index in [1.807, 2.05) is 35.2 Å². The third-order valence-corrected chi connectivity index (χ3v) is 5.98. The minimum absolute atomic E-state index is 0.0213. The number of carbonyl (C=O) groups excluding carboxylic acids is 3. The van der Waals surface area contributed by atoms with Crippen molar-refractivity contribution < 1.29 is 24.0 Å². The zero-order chi connectivity index (χ0) is 22.1. The lowest BCUT2D eigenvalue weighted by atomic mass is 9.95. The van der Waals surface area contributed by atoms with Crippen molar-refractivity contribution in [3.05, 3.63) is 30.3 Å². The number of para-hydroxylation sites is 1. The number of likely N-dealkylation sites (tertiary alicyclic amines) is 1. The van der Waals surface area contributed by atoms with Gasteiger partial charge in [-0.15, -0.1) is 0 Å². The molecule has 0 aromatic heterocycles. The first-order valence-electron chi connectivity index (χ1n) is 11.1. The number of urea groups is 1. The first-order valence-corrected chi connectivity index (χ1v) is 11.1. The molecule has 3 rings (SSSR count). The molecule has 2 fully saturated rings. The van der Waals surface area contributed by atoms with E-state index in [2.05, 4.69) is 10.6 Å². The molecule has 0 spiro atoms. The molecule has 2 aliphatic heterocycles. The van der Waals surface area contributed by atoms with Crippen molar-refractivity contribution in [2.45, 2.75) is 12.8 Å². The van der Waals surface area contributed by atoms with Gasteiger partial charge in [0.1, 0.15) is 0 Å². The van der Waals surface area contributed by atoms with Gasteiger partial charge in [-0.2, -0.15) is 0 Å². The number of ether oxygens (including phenoxy) is 1. The molecule has 1 aromatic rings. The summed E-state index contributed by atoms with van der Waals surface area (Å²) in [7, 11) is 1.61. The Balaban J connectivity index is 1.36. The number of methoxy groups -OCH3 is 1. The van der Waals surface area contributed by atoms with Gasteiger partial charge in [-0.1, -0.05) is 18.2 Å². The number of benzene rings is 1. The highest BCUT2D eigenvalue weighted by Gasteiger charge is 2.33. The van der Waals surface area contributed by atoms with E-state index in [0.29, 0.717) is 58.7 Å². The Bertz CT molecular complexity index is 729. The van der Waals surface area contributed by atoms with Gasteiger partial charge in [0.25, 0.3) is 5.91 Å². The van der Waals surface area contributed by atoms with Gasteiger partial charge in [0.15, 0.2) is 6.54 Å². The van der Waals surface area contributed by atoms with Crippen LogP contribution in [0.5, 0.6) is 0 Å². The fourth-order valence-electron chi connectivity index (χ4n) is 4.11. The monoisotopic (exact) mass is 432 g/mol. The number of carbonyl (C=O) groups is 3. The third kappa shape index (κ3) is 6.93. The first kappa shape index (κ1) is 23.0. The minimum Gasteiger partial charge on any atom is -0.383 e. The van der Waals surface area contributed by atoms with Gasteiger partial charge < -0.3 is 30.1 Å². The van der Waals surface area contributed by atoms with Crippen molar-refractivity contribution >= 4 is 23.5 Å². The fraction of sp³-hybridized carbons (Fsp3) is 0.591. The van der Waals surface area contributed by atoms with Gasteiger partial charge in [0, 0.05) is 38.3 Å². The average Bonchev–Trinajstić information content (AvgIpc) is 2.80. The number of piperazine rings is 1. The molecule has 0 saturated carbocycles. The molecule has 1 aromatic carbocycles. The van der Waals surface area contributed by atoms with Gasteiger partial charge in [0.05, 0.1) is 32.8 Å². The van der Waals surface area contributed by atoms with E-state index >= 15 is 0 Å². The molecule has 170 valence electrons. The summed E-state index contributed by atoms with van der Waals surface area (Å²) in [5.41, 5.74) is 0.776. The molecule has 4 amide bonds. The molecule has 0 aliphatic carbocycles. The summed E-state index contributed by atoms with van der Waals surface area (Å²) in [5, 5.41) is 5.75. The van der Waals surface area contributed by atoms with Crippen molar-refractivity contribution in [2.75, 3.05) is 71.4 Å². The van der Waals surface area contributed by atoms with Crippen LogP contribution in [0.2, 0.25) is 0 Å². The van der Waals surface area contributed by atoms with Crippen LogP contribution in [-0.2, 0) is 14.3 Å². The Kier molecular flexibility index (Phi) is 8.66. The number of quaternary nitrogens is 1. The second-order valence-electron chi connectivity index (χ2n) is 8.15. The van der Waals surface area contributed by atoms with Crippen molar-refractivity contribution in [1.82, 2.24) is 15.1 Å². The smallest absolute Gasteiger partial charge is 0.321 e. The van der Waals surface area contributed by atoms with Gasteiger partial charge in [-0.3, -0.25) is 9.59 Å². The molecule has 9 heteroatoms. The van der Waals surface area contributed by atoms with E-state index in [1.165, 1.54) is 4.90 Å². The topological polar surface area (TPSA) is 95.4 Å². The van der Waals surface area contributed by atoms with Crippen molar-refractivity contribution in [3.8, 4) is 0 Å². The molecule has 31 heavy (non-hydrogen) atoms. The van der Waals surface area contributed by atoms with Gasteiger partial charge in [-0.05, 0) is 25.0 Å². The summed E-state index contributed by atoms with van der Waals surface area (Å²) in [4.78, 5) is 42.2. The van der Waals surface area contributed by atoms with E-state index < -0.39 is 0 Å². The average molecular weight is 433 g/mol. The van der Waals surface area contributed by atoms with Crippen LogP contribution in [0.3, 0.4) is 0 Å². The van der Waals surface area contributed by atoms with Crippen molar-refractivity contribution in [1.29, 1.82) is 0 Å². The highest BCUT2D eigenvalue weighted by Crippen LogP contribution is 2.20. The Labute approximate surface area is 183 Å². The van der Waals surface area contributed by atoms with Crippen LogP contribution in [-0.4, -0.2) is 93.7 Å². The first-order chi connectivity index (χ1) is 15.1. The molecule has 2 saturated heterocycles. The highest BCUT2D eigenvalue weighted by atomic mass is 16.5. The molecule has 3 N–H and O–H groups in total. The Hall–Kier alpha value is -2.65. The molecule has 9 nitrogen and oxygen atoms in total. The number of rotatable bonds is 7. The standard InChI is InChI=1S/C22H33N5O4/c1-31-16-9-23-20(28)17-25-12-14-26(15-13-25)21(29)18-7-10-27(11-8-18)22(30)24-19-5-3-2-4-6-19/h2-6,18H,7-17H2,1H3,(H,23,28)(H,24,30)/p+1.